The molecule has 0 bridgehead atoms. The fourth-order valence-electron chi connectivity index (χ4n) is 2.01. The number of aromatic nitrogens is 4. The maximum atomic E-state index is 11.8. The van der Waals surface area contributed by atoms with Crippen molar-refractivity contribution in [2.75, 3.05) is 32.9 Å². The van der Waals surface area contributed by atoms with Gasteiger partial charge in [0.25, 0.3) is 5.78 Å². The second-order valence-corrected chi connectivity index (χ2v) is 6.38. The number of nitrogens with one attached hydrogen (secondary N) is 1. The van der Waals surface area contributed by atoms with E-state index in [0.29, 0.717) is 23.2 Å². The van der Waals surface area contributed by atoms with E-state index in [1.54, 1.807) is 4.52 Å². The summed E-state index contributed by atoms with van der Waals surface area (Å²) in [4.78, 5) is 22.5. The van der Waals surface area contributed by atoms with Crippen LogP contribution >= 0.6 is 11.8 Å². The van der Waals surface area contributed by atoms with E-state index >= 15 is 0 Å². The number of fused-ring (bicyclic) bond motifs is 1. The third kappa shape index (κ3) is 4.67. The average Bonchev–Trinajstić information content (AvgIpc) is 2.84. The predicted molar refractivity (Wildman–Crippen MR) is 87.2 cm³/mol. The minimum Gasteiger partial charge on any atom is -0.355 e. The molecule has 0 aromatic carbocycles. The molecule has 0 aliphatic carbocycles. The number of hydrogen-bond acceptors (Lipinski definition) is 6. The van der Waals surface area contributed by atoms with Crippen molar-refractivity contribution in [3.63, 3.8) is 0 Å². The number of thioether (sulfide) groups is 1. The molecule has 0 fully saturated rings. The Bertz CT molecular complexity index is 654. The SMILES string of the molecule is Cc1cc(C)n2nc(SCC(=O)NCCCN(C)C)nc2n1. The molecule has 0 saturated heterocycles. The van der Waals surface area contributed by atoms with Crippen molar-refractivity contribution in [3.8, 4) is 0 Å². The third-order valence-electron chi connectivity index (χ3n) is 3.04. The summed E-state index contributed by atoms with van der Waals surface area (Å²) >= 11 is 1.33. The highest BCUT2D eigenvalue weighted by Crippen LogP contribution is 2.14. The first-order valence-corrected chi connectivity index (χ1v) is 8.19. The van der Waals surface area contributed by atoms with Crippen LogP contribution < -0.4 is 5.32 Å². The number of aryl methyl sites for hydroxylation is 2. The number of nitrogens with zero attached hydrogens (tertiary/aromatic N) is 5. The molecule has 8 heteroatoms. The van der Waals surface area contributed by atoms with Crippen molar-refractivity contribution in [3.05, 3.63) is 17.5 Å². The molecule has 1 N–H and O–H groups in total. The third-order valence-corrected chi connectivity index (χ3v) is 3.87. The normalized spacial score (nSPS) is 11.3. The van der Waals surface area contributed by atoms with E-state index in [2.05, 4.69) is 25.3 Å². The Morgan fingerprint density at radius 2 is 2.14 bits per heavy atom. The largest absolute Gasteiger partial charge is 0.355 e. The van der Waals surface area contributed by atoms with Crippen molar-refractivity contribution < 1.29 is 4.79 Å². The van der Waals surface area contributed by atoms with E-state index in [4.69, 9.17) is 0 Å². The zero-order valence-electron chi connectivity index (χ0n) is 13.5. The van der Waals surface area contributed by atoms with Crippen LogP contribution in [-0.2, 0) is 4.79 Å². The molecule has 2 aromatic rings. The summed E-state index contributed by atoms with van der Waals surface area (Å²) in [5.41, 5.74) is 1.89. The molecular formula is C14H22N6OS. The van der Waals surface area contributed by atoms with Gasteiger partial charge in [-0.3, -0.25) is 4.79 Å². The van der Waals surface area contributed by atoms with Crippen molar-refractivity contribution in [1.29, 1.82) is 0 Å². The van der Waals surface area contributed by atoms with E-state index in [0.717, 1.165) is 24.4 Å². The predicted octanol–water partition coefficient (Wildman–Crippen LogP) is 0.901. The summed E-state index contributed by atoms with van der Waals surface area (Å²) in [5, 5.41) is 7.84. The number of carbonyl (C=O) groups is 1. The molecular weight excluding hydrogens is 300 g/mol. The average molecular weight is 322 g/mol. The van der Waals surface area contributed by atoms with Crippen LogP contribution in [0.4, 0.5) is 0 Å². The fourth-order valence-corrected chi connectivity index (χ4v) is 2.66. The molecule has 22 heavy (non-hydrogen) atoms. The van der Waals surface area contributed by atoms with Gasteiger partial charge in [0.2, 0.25) is 11.1 Å². The van der Waals surface area contributed by atoms with E-state index in [-0.39, 0.29) is 5.91 Å². The summed E-state index contributed by atoms with van der Waals surface area (Å²) < 4.78 is 1.70. The van der Waals surface area contributed by atoms with Crippen LogP contribution in [0.2, 0.25) is 0 Å². The van der Waals surface area contributed by atoms with E-state index in [1.165, 1.54) is 11.8 Å². The van der Waals surface area contributed by atoms with Gasteiger partial charge in [-0.25, -0.2) is 9.50 Å². The monoisotopic (exact) mass is 322 g/mol. The van der Waals surface area contributed by atoms with Gasteiger partial charge < -0.3 is 10.2 Å². The van der Waals surface area contributed by atoms with Gasteiger partial charge in [0.05, 0.1) is 5.75 Å². The minimum absolute atomic E-state index is 0.00322. The van der Waals surface area contributed by atoms with Gasteiger partial charge in [0, 0.05) is 17.9 Å². The van der Waals surface area contributed by atoms with Gasteiger partial charge in [-0.15, -0.1) is 5.10 Å². The second-order valence-electron chi connectivity index (χ2n) is 5.44. The Morgan fingerprint density at radius 3 is 2.86 bits per heavy atom. The van der Waals surface area contributed by atoms with Crippen LogP contribution in [0.25, 0.3) is 5.78 Å². The molecule has 0 spiro atoms. The van der Waals surface area contributed by atoms with Crippen molar-refractivity contribution in [2.45, 2.75) is 25.4 Å². The number of amides is 1. The first-order chi connectivity index (χ1) is 10.5. The van der Waals surface area contributed by atoms with Crippen LogP contribution in [0, 0.1) is 13.8 Å². The first-order valence-electron chi connectivity index (χ1n) is 7.21. The Hall–Kier alpha value is -1.67. The summed E-state index contributed by atoms with van der Waals surface area (Å²) in [6.07, 6.45) is 0.943. The molecule has 0 radical (unpaired) electrons. The number of hydrogen-bond donors (Lipinski definition) is 1. The molecule has 0 atom stereocenters. The smallest absolute Gasteiger partial charge is 0.253 e. The van der Waals surface area contributed by atoms with E-state index in [9.17, 15) is 4.79 Å². The topological polar surface area (TPSA) is 75.4 Å². The molecule has 0 saturated carbocycles. The van der Waals surface area contributed by atoms with Gasteiger partial charge in [-0.1, -0.05) is 11.8 Å². The standard InChI is InChI=1S/C14H22N6OS/c1-10-8-11(2)20-13(16-10)17-14(18-20)22-9-12(21)15-6-5-7-19(3)4/h8H,5-7,9H2,1-4H3,(H,15,21). The summed E-state index contributed by atoms with van der Waals surface area (Å²) in [5.74, 6) is 0.895. The minimum atomic E-state index is 0.00322. The highest BCUT2D eigenvalue weighted by atomic mass is 32.2. The molecule has 7 nitrogen and oxygen atoms in total. The summed E-state index contributed by atoms with van der Waals surface area (Å²) in [6, 6.07) is 1.95. The van der Waals surface area contributed by atoms with Gasteiger partial charge >= 0.3 is 0 Å². The van der Waals surface area contributed by atoms with Gasteiger partial charge in [0.1, 0.15) is 0 Å². The summed E-state index contributed by atoms with van der Waals surface area (Å²) in [6.45, 7) is 5.54. The first kappa shape index (κ1) is 16.7. The second kappa shape index (κ2) is 7.55. The molecule has 1 amide bonds. The number of rotatable bonds is 7. The van der Waals surface area contributed by atoms with E-state index in [1.807, 2.05) is 34.0 Å². The van der Waals surface area contributed by atoms with Crippen LogP contribution in [0.15, 0.2) is 11.2 Å². The Labute approximate surface area is 134 Å². The Morgan fingerprint density at radius 1 is 1.36 bits per heavy atom. The molecule has 0 aliphatic heterocycles. The Balaban J connectivity index is 1.84. The lowest BCUT2D eigenvalue weighted by atomic mass is 10.4. The lowest BCUT2D eigenvalue weighted by Gasteiger charge is -2.09. The zero-order chi connectivity index (χ0) is 16.1. The molecule has 0 unspecified atom stereocenters. The van der Waals surface area contributed by atoms with Gasteiger partial charge in [-0.05, 0) is 47.0 Å². The van der Waals surface area contributed by atoms with Crippen LogP contribution in [-0.4, -0.2) is 63.3 Å². The molecule has 2 rings (SSSR count). The Kier molecular flexibility index (Phi) is 5.73. The van der Waals surface area contributed by atoms with E-state index < -0.39 is 0 Å². The van der Waals surface area contributed by atoms with Crippen LogP contribution in [0.5, 0.6) is 0 Å². The lowest BCUT2D eigenvalue weighted by Crippen LogP contribution is -2.28. The fraction of sp³-hybridized carbons (Fsp3) is 0.571. The van der Waals surface area contributed by atoms with Crippen molar-refractivity contribution in [2.24, 2.45) is 0 Å². The maximum Gasteiger partial charge on any atom is 0.253 e. The van der Waals surface area contributed by atoms with Crippen molar-refractivity contribution in [1.82, 2.24) is 29.8 Å². The number of carbonyl (C=O) groups excluding carboxylic acids is 1. The molecule has 120 valence electrons. The highest BCUT2D eigenvalue weighted by molar-refractivity contribution is 7.99. The molecule has 0 aliphatic rings. The quantitative estimate of drug-likeness (QED) is 0.603. The molecule has 2 aromatic heterocycles. The van der Waals surface area contributed by atoms with Gasteiger partial charge in [-0.2, -0.15) is 4.98 Å². The zero-order valence-corrected chi connectivity index (χ0v) is 14.3. The highest BCUT2D eigenvalue weighted by Gasteiger charge is 2.10. The van der Waals surface area contributed by atoms with Crippen LogP contribution in [0.1, 0.15) is 17.8 Å². The van der Waals surface area contributed by atoms with Gasteiger partial charge in [0.15, 0.2) is 0 Å². The molecule has 2 heterocycles. The maximum absolute atomic E-state index is 11.8. The van der Waals surface area contributed by atoms with Crippen LogP contribution in [0.3, 0.4) is 0 Å². The lowest BCUT2D eigenvalue weighted by molar-refractivity contribution is -0.118. The summed E-state index contributed by atoms with van der Waals surface area (Å²) in [7, 11) is 4.04. The van der Waals surface area contributed by atoms with Crippen molar-refractivity contribution >= 4 is 23.4 Å².